The van der Waals surface area contributed by atoms with Gasteiger partial charge in [-0.2, -0.15) is 0 Å². The number of benzene rings is 1. The second-order valence-electron chi connectivity index (χ2n) is 7.09. The molecule has 1 aromatic rings. The molecule has 7 heteroatoms. The molecule has 7 nitrogen and oxygen atoms in total. The minimum Gasteiger partial charge on any atom is -0.449 e. The van der Waals surface area contributed by atoms with Gasteiger partial charge >= 0.3 is 6.09 Å². The van der Waals surface area contributed by atoms with Crippen LogP contribution in [-0.4, -0.2) is 55.6 Å². The molecule has 2 aliphatic rings. The number of para-hydroxylation sites is 1. The number of rotatable bonds is 6. The van der Waals surface area contributed by atoms with Gasteiger partial charge in [0.1, 0.15) is 0 Å². The van der Waals surface area contributed by atoms with Crippen LogP contribution in [0.4, 0.5) is 10.5 Å². The lowest BCUT2D eigenvalue weighted by Crippen LogP contribution is -2.43. The van der Waals surface area contributed by atoms with Gasteiger partial charge in [0, 0.05) is 38.3 Å². The molecule has 1 aromatic carbocycles. The van der Waals surface area contributed by atoms with Crippen LogP contribution in [0.2, 0.25) is 0 Å². The van der Waals surface area contributed by atoms with E-state index in [9.17, 15) is 14.4 Å². The zero-order chi connectivity index (χ0) is 19.4. The number of carbonyl (C=O) groups is 3. The van der Waals surface area contributed by atoms with Gasteiger partial charge in [0.25, 0.3) is 0 Å². The van der Waals surface area contributed by atoms with Crippen LogP contribution in [0.3, 0.4) is 0 Å². The first kappa shape index (κ1) is 19.2. The third-order valence-electron chi connectivity index (χ3n) is 5.21. The average molecular weight is 373 g/mol. The predicted octanol–water partition coefficient (Wildman–Crippen LogP) is 1.87. The predicted molar refractivity (Wildman–Crippen MR) is 102 cm³/mol. The zero-order valence-electron chi connectivity index (χ0n) is 16.0. The van der Waals surface area contributed by atoms with Crippen molar-refractivity contribution in [3.63, 3.8) is 0 Å². The molecule has 2 fully saturated rings. The third-order valence-corrected chi connectivity index (χ3v) is 5.21. The highest BCUT2D eigenvalue weighted by molar-refractivity contribution is 6.01. The maximum absolute atomic E-state index is 12.6. The van der Waals surface area contributed by atoms with E-state index in [1.807, 2.05) is 25.1 Å². The summed E-state index contributed by atoms with van der Waals surface area (Å²) in [5.41, 5.74) is 3.11. The lowest BCUT2D eigenvalue weighted by atomic mass is 10.0. The topological polar surface area (TPSA) is 79.0 Å². The molecule has 3 amide bonds. The lowest BCUT2D eigenvalue weighted by Gasteiger charge is -2.26. The Balaban J connectivity index is 1.57. The Hall–Kier alpha value is -2.57. The third kappa shape index (κ3) is 4.23. The number of hydrogen-bond donors (Lipinski definition) is 1. The summed E-state index contributed by atoms with van der Waals surface area (Å²) < 4.78 is 4.98. The molecule has 0 spiro atoms. The maximum atomic E-state index is 12.6. The van der Waals surface area contributed by atoms with Gasteiger partial charge in [-0.1, -0.05) is 25.1 Å². The number of nitrogens with zero attached hydrogens (tertiary/aromatic N) is 2. The Labute approximate surface area is 159 Å². The molecule has 2 saturated heterocycles. The molecular weight excluding hydrogens is 346 g/mol. The summed E-state index contributed by atoms with van der Waals surface area (Å²) >= 11 is 0. The van der Waals surface area contributed by atoms with Crippen molar-refractivity contribution in [1.29, 1.82) is 0 Å². The van der Waals surface area contributed by atoms with Gasteiger partial charge in [-0.3, -0.25) is 9.59 Å². The molecule has 0 radical (unpaired) electrons. The average Bonchev–Trinajstić information content (AvgIpc) is 3.04. The molecule has 3 rings (SSSR count). The molecule has 27 heavy (non-hydrogen) atoms. The van der Waals surface area contributed by atoms with E-state index in [2.05, 4.69) is 12.2 Å². The quantitative estimate of drug-likeness (QED) is 0.826. The largest absolute Gasteiger partial charge is 0.449 e. The number of aryl methyl sites for hydroxylation is 2. The molecule has 0 aliphatic carbocycles. The van der Waals surface area contributed by atoms with E-state index in [4.69, 9.17) is 4.74 Å². The SMILES string of the molecule is CCc1cccc(C)c1N1CC(C(=O)NCCN2CCCOC2=O)CC1=O. The van der Waals surface area contributed by atoms with Crippen molar-refractivity contribution in [2.45, 2.75) is 33.1 Å². The summed E-state index contributed by atoms with van der Waals surface area (Å²) in [6.45, 7) is 6.35. The summed E-state index contributed by atoms with van der Waals surface area (Å²) in [7, 11) is 0. The fourth-order valence-electron chi connectivity index (χ4n) is 3.75. The lowest BCUT2D eigenvalue weighted by molar-refractivity contribution is -0.126. The van der Waals surface area contributed by atoms with Gasteiger partial charge in [-0.05, 0) is 30.9 Å². The van der Waals surface area contributed by atoms with E-state index in [-0.39, 0.29) is 30.2 Å². The van der Waals surface area contributed by atoms with Gasteiger partial charge in [0.05, 0.1) is 12.5 Å². The first-order valence-electron chi connectivity index (χ1n) is 9.59. The van der Waals surface area contributed by atoms with E-state index in [1.165, 1.54) is 0 Å². The molecule has 0 aromatic heterocycles. The van der Waals surface area contributed by atoms with E-state index in [0.29, 0.717) is 32.8 Å². The van der Waals surface area contributed by atoms with Crippen LogP contribution in [0.1, 0.15) is 30.9 Å². The Morgan fingerprint density at radius 3 is 2.89 bits per heavy atom. The van der Waals surface area contributed by atoms with Crippen LogP contribution in [0.15, 0.2) is 18.2 Å². The maximum Gasteiger partial charge on any atom is 0.409 e. The number of cyclic esters (lactones) is 1. The van der Waals surface area contributed by atoms with Gasteiger partial charge in [-0.15, -0.1) is 0 Å². The Kier molecular flexibility index (Phi) is 5.98. The van der Waals surface area contributed by atoms with Gasteiger partial charge < -0.3 is 19.9 Å². The minimum absolute atomic E-state index is 0.0150. The summed E-state index contributed by atoms with van der Waals surface area (Å²) in [4.78, 5) is 40.0. The number of hydrogen-bond acceptors (Lipinski definition) is 4. The molecule has 2 heterocycles. The van der Waals surface area contributed by atoms with Crippen molar-refractivity contribution in [2.24, 2.45) is 5.92 Å². The Bertz CT molecular complexity index is 734. The van der Waals surface area contributed by atoms with E-state index in [0.717, 1.165) is 29.7 Å². The monoisotopic (exact) mass is 373 g/mol. The van der Waals surface area contributed by atoms with Crippen LogP contribution in [0.5, 0.6) is 0 Å². The normalized spacial score (nSPS) is 20.0. The van der Waals surface area contributed by atoms with Crippen LogP contribution >= 0.6 is 0 Å². The van der Waals surface area contributed by atoms with Crippen LogP contribution in [0, 0.1) is 12.8 Å². The number of carbonyl (C=O) groups excluding carboxylic acids is 3. The molecule has 2 aliphatic heterocycles. The summed E-state index contributed by atoms with van der Waals surface area (Å²) in [6, 6.07) is 6.02. The fourth-order valence-corrected chi connectivity index (χ4v) is 3.75. The molecule has 1 unspecified atom stereocenters. The molecular formula is C20H27N3O4. The van der Waals surface area contributed by atoms with Gasteiger partial charge in [0.2, 0.25) is 11.8 Å². The van der Waals surface area contributed by atoms with Crippen LogP contribution < -0.4 is 10.2 Å². The highest BCUT2D eigenvalue weighted by Crippen LogP contribution is 2.31. The number of nitrogens with one attached hydrogen (secondary N) is 1. The number of amides is 3. The highest BCUT2D eigenvalue weighted by atomic mass is 16.6. The van der Waals surface area contributed by atoms with E-state index in [1.54, 1.807) is 9.80 Å². The van der Waals surface area contributed by atoms with Crippen molar-refractivity contribution >= 4 is 23.6 Å². The number of anilines is 1. The fraction of sp³-hybridized carbons (Fsp3) is 0.550. The minimum atomic E-state index is -0.366. The first-order valence-corrected chi connectivity index (χ1v) is 9.59. The smallest absolute Gasteiger partial charge is 0.409 e. The van der Waals surface area contributed by atoms with Crippen LogP contribution in [-0.2, 0) is 20.7 Å². The molecule has 0 saturated carbocycles. The standard InChI is InChI=1S/C20H27N3O4/c1-3-15-7-4-6-14(2)18(15)23-13-16(12-17(23)24)19(25)21-8-10-22-9-5-11-27-20(22)26/h4,6-7,16H,3,5,8-13H2,1-2H3,(H,21,25). The van der Waals surface area contributed by atoms with Crippen molar-refractivity contribution in [3.05, 3.63) is 29.3 Å². The van der Waals surface area contributed by atoms with E-state index < -0.39 is 0 Å². The second kappa shape index (κ2) is 8.41. The van der Waals surface area contributed by atoms with Crippen molar-refractivity contribution in [1.82, 2.24) is 10.2 Å². The van der Waals surface area contributed by atoms with E-state index >= 15 is 0 Å². The van der Waals surface area contributed by atoms with Crippen molar-refractivity contribution in [3.8, 4) is 0 Å². The van der Waals surface area contributed by atoms with Gasteiger partial charge in [0.15, 0.2) is 0 Å². The summed E-state index contributed by atoms with van der Waals surface area (Å²) in [5.74, 6) is -0.517. The molecule has 146 valence electrons. The Morgan fingerprint density at radius 2 is 2.15 bits per heavy atom. The first-order chi connectivity index (χ1) is 13.0. The highest BCUT2D eigenvalue weighted by Gasteiger charge is 2.36. The second-order valence-corrected chi connectivity index (χ2v) is 7.09. The van der Waals surface area contributed by atoms with Gasteiger partial charge in [-0.25, -0.2) is 4.79 Å². The number of ether oxygens (including phenoxy) is 1. The Morgan fingerprint density at radius 1 is 1.33 bits per heavy atom. The van der Waals surface area contributed by atoms with Crippen LogP contribution in [0.25, 0.3) is 0 Å². The molecule has 1 N–H and O–H groups in total. The molecule has 1 atom stereocenters. The van der Waals surface area contributed by atoms with Crippen molar-refractivity contribution in [2.75, 3.05) is 37.7 Å². The zero-order valence-corrected chi connectivity index (χ0v) is 16.0. The summed E-state index contributed by atoms with van der Waals surface area (Å²) in [6.07, 6.45) is 1.53. The van der Waals surface area contributed by atoms with Crippen molar-refractivity contribution < 1.29 is 19.1 Å². The molecule has 0 bridgehead atoms. The summed E-state index contributed by atoms with van der Waals surface area (Å²) in [5, 5.41) is 2.86.